The van der Waals surface area contributed by atoms with Crippen LogP contribution in [0.15, 0.2) is 34.3 Å². The van der Waals surface area contributed by atoms with Gasteiger partial charge in [-0.05, 0) is 42.1 Å². The average molecular weight is 353 g/mol. The Morgan fingerprint density at radius 1 is 1.30 bits per heavy atom. The Labute approximate surface area is 142 Å². The van der Waals surface area contributed by atoms with E-state index < -0.39 is 23.1 Å². The third kappa shape index (κ3) is 3.99. The molecule has 0 aromatic carbocycles. The van der Waals surface area contributed by atoms with E-state index in [9.17, 15) is 14.7 Å². The van der Waals surface area contributed by atoms with E-state index >= 15 is 0 Å². The number of nitrogens with one attached hydrogen (secondary N) is 1. The van der Waals surface area contributed by atoms with Gasteiger partial charge in [-0.2, -0.15) is 11.3 Å². The van der Waals surface area contributed by atoms with Crippen molar-refractivity contribution < 1.29 is 19.4 Å². The van der Waals surface area contributed by atoms with E-state index in [1.54, 1.807) is 0 Å². The van der Waals surface area contributed by atoms with E-state index in [2.05, 4.69) is 5.32 Å². The van der Waals surface area contributed by atoms with Gasteiger partial charge < -0.3 is 15.2 Å². The zero-order valence-electron chi connectivity index (χ0n) is 13.2. The number of hydrogen-bond donors (Lipinski definition) is 2. The van der Waals surface area contributed by atoms with Crippen molar-refractivity contribution in [2.45, 2.75) is 32.0 Å². The maximum atomic E-state index is 12.3. The fraction of sp³-hybridized carbons (Fsp3) is 0.375. The van der Waals surface area contributed by atoms with Gasteiger partial charge in [0.2, 0.25) is 0 Å². The third-order valence-electron chi connectivity index (χ3n) is 3.38. The van der Waals surface area contributed by atoms with Crippen molar-refractivity contribution >= 4 is 34.6 Å². The molecule has 2 aromatic heterocycles. The fourth-order valence-corrected chi connectivity index (χ4v) is 3.74. The highest BCUT2D eigenvalue weighted by Gasteiger charge is 2.37. The second-order valence-corrected chi connectivity index (χ2v) is 7.36. The lowest BCUT2D eigenvalue weighted by Gasteiger charge is -2.29. The van der Waals surface area contributed by atoms with Crippen LogP contribution in [0, 0.1) is 0 Å². The fourth-order valence-electron chi connectivity index (χ4n) is 2.17. The van der Waals surface area contributed by atoms with Crippen LogP contribution in [0.1, 0.15) is 31.2 Å². The normalized spacial score (nSPS) is 14.1. The summed E-state index contributed by atoms with van der Waals surface area (Å²) < 4.78 is 5.02. The molecule has 0 aliphatic heterocycles. The molecule has 124 valence electrons. The van der Waals surface area contributed by atoms with Crippen LogP contribution in [-0.2, 0) is 19.9 Å². The van der Waals surface area contributed by atoms with Gasteiger partial charge in [0.05, 0.1) is 6.54 Å². The average Bonchev–Trinajstić information content (AvgIpc) is 3.15. The van der Waals surface area contributed by atoms with Gasteiger partial charge in [-0.25, -0.2) is 0 Å². The summed E-state index contributed by atoms with van der Waals surface area (Å²) in [6.07, 6.45) is 0. The smallest absolute Gasteiger partial charge is 0.303 e. The highest BCUT2D eigenvalue weighted by molar-refractivity contribution is 7.10. The minimum absolute atomic E-state index is 0.00618. The molecule has 1 amide bonds. The summed E-state index contributed by atoms with van der Waals surface area (Å²) in [7, 11) is 0. The van der Waals surface area contributed by atoms with Gasteiger partial charge in [-0.15, -0.1) is 11.3 Å². The number of esters is 1. The monoisotopic (exact) mass is 353 g/mol. The number of carbonyl (C=O) groups is 2. The van der Waals surface area contributed by atoms with E-state index in [4.69, 9.17) is 4.74 Å². The van der Waals surface area contributed by atoms with E-state index in [1.807, 2.05) is 34.3 Å². The number of hydrogen-bond acceptors (Lipinski definition) is 6. The quantitative estimate of drug-likeness (QED) is 0.783. The molecule has 0 fully saturated rings. The Balaban J connectivity index is 2.18. The molecular weight excluding hydrogens is 334 g/mol. The van der Waals surface area contributed by atoms with Crippen molar-refractivity contribution in [1.29, 1.82) is 0 Å². The summed E-state index contributed by atoms with van der Waals surface area (Å²) in [6, 6.07) is 5.50. The Hall–Kier alpha value is -1.70. The van der Waals surface area contributed by atoms with Crippen LogP contribution >= 0.6 is 22.7 Å². The predicted octanol–water partition coefficient (Wildman–Crippen LogP) is 2.50. The van der Waals surface area contributed by atoms with Crippen LogP contribution < -0.4 is 5.32 Å². The van der Waals surface area contributed by atoms with Gasteiger partial charge in [-0.3, -0.25) is 9.59 Å². The van der Waals surface area contributed by atoms with Gasteiger partial charge in [0.15, 0.2) is 5.60 Å². The van der Waals surface area contributed by atoms with Gasteiger partial charge in [0.25, 0.3) is 5.91 Å². The molecule has 2 N–H and O–H groups in total. The van der Waals surface area contributed by atoms with Crippen LogP contribution in [0.25, 0.3) is 0 Å². The summed E-state index contributed by atoms with van der Waals surface area (Å²) in [5, 5.41) is 19.4. The first-order valence-electron chi connectivity index (χ1n) is 7.02. The number of ether oxygens (including phenoxy) is 1. The molecule has 0 saturated heterocycles. The topological polar surface area (TPSA) is 75.6 Å². The van der Waals surface area contributed by atoms with Crippen molar-refractivity contribution in [2.75, 3.05) is 6.54 Å². The molecule has 23 heavy (non-hydrogen) atoms. The van der Waals surface area contributed by atoms with E-state index in [0.29, 0.717) is 0 Å². The van der Waals surface area contributed by atoms with Gasteiger partial charge in [0, 0.05) is 17.4 Å². The second kappa shape index (κ2) is 6.82. The van der Waals surface area contributed by atoms with E-state index in [0.717, 1.165) is 10.4 Å². The number of thiophene rings is 2. The Kier molecular flexibility index (Phi) is 5.23. The molecule has 2 rings (SSSR count). The third-order valence-corrected chi connectivity index (χ3v) is 5.08. The maximum absolute atomic E-state index is 12.3. The number of carbonyl (C=O) groups excluding carboxylic acids is 2. The summed E-state index contributed by atoms with van der Waals surface area (Å²) in [4.78, 5) is 24.1. The summed E-state index contributed by atoms with van der Waals surface area (Å²) >= 11 is 2.89. The van der Waals surface area contributed by atoms with Crippen LogP contribution in [0.2, 0.25) is 0 Å². The maximum Gasteiger partial charge on any atom is 0.303 e. The second-order valence-electron chi connectivity index (χ2n) is 5.64. The van der Waals surface area contributed by atoms with Crippen molar-refractivity contribution in [3.8, 4) is 0 Å². The lowest BCUT2D eigenvalue weighted by molar-refractivity contribution is -0.163. The SMILES string of the molecule is CC(=O)OC(C)(C)C(=O)NCC(O)(c1ccsc1)c1cccs1. The highest BCUT2D eigenvalue weighted by Crippen LogP contribution is 2.33. The molecule has 1 unspecified atom stereocenters. The van der Waals surface area contributed by atoms with Crippen LogP contribution in [0.3, 0.4) is 0 Å². The first-order valence-corrected chi connectivity index (χ1v) is 8.85. The standard InChI is InChI=1S/C16H19NO4S2/c1-11(18)21-15(2,3)14(19)17-10-16(20,12-6-8-22-9-12)13-5-4-7-23-13/h4-9,20H,10H2,1-3H3,(H,17,19). The Morgan fingerprint density at radius 2 is 2.04 bits per heavy atom. The number of aliphatic hydroxyl groups is 1. The lowest BCUT2D eigenvalue weighted by atomic mass is 9.94. The molecule has 7 heteroatoms. The van der Waals surface area contributed by atoms with E-state index in [1.165, 1.54) is 43.4 Å². The zero-order valence-corrected chi connectivity index (χ0v) is 14.8. The van der Waals surface area contributed by atoms with Crippen LogP contribution in [0.4, 0.5) is 0 Å². The lowest BCUT2D eigenvalue weighted by Crippen LogP contribution is -2.50. The molecule has 0 saturated carbocycles. The molecule has 0 aliphatic rings. The van der Waals surface area contributed by atoms with Crippen molar-refractivity contribution in [3.63, 3.8) is 0 Å². The molecule has 2 aromatic rings. The molecular formula is C16H19NO4S2. The minimum Gasteiger partial charge on any atom is -0.450 e. The van der Waals surface area contributed by atoms with E-state index in [-0.39, 0.29) is 6.54 Å². The molecule has 5 nitrogen and oxygen atoms in total. The zero-order chi connectivity index (χ0) is 17.1. The van der Waals surface area contributed by atoms with Crippen LogP contribution in [0.5, 0.6) is 0 Å². The molecule has 2 heterocycles. The Morgan fingerprint density at radius 3 is 2.57 bits per heavy atom. The predicted molar refractivity (Wildman–Crippen MR) is 90.5 cm³/mol. The van der Waals surface area contributed by atoms with Gasteiger partial charge >= 0.3 is 5.97 Å². The first kappa shape index (κ1) is 17.7. The van der Waals surface area contributed by atoms with Crippen molar-refractivity contribution in [2.24, 2.45) is 0 Å². The summed E-state index contributed by atoms with van der Waals surface area (Å²) in [5.41, 5.74) is -1.89. The minimum atomic E-state index is -1.31. The van der Waals surface area contributed by atoms with Gasteiger partial charge in [-0.1, -0.05) is 6.07 Å². The molecule has 0 spiro atoms. The molecule has 1 atom stereocenters. The number of rotatable bonds is 6. The van der Waals surface area contributed by atoms with Crippen LogP contribution in [-0.4, -0.2) is 29.1 Å². The Bertz CT molecular complexity index is 628. The highest BCUT2D eigenvalue weighted by atomic mass is 32.1. The summed E-state index contributed by atoms with van der Waals surface area (Å²) in [6.45, 7) is 4.27. The molecule has 0 aliphatic carbocycles. The van der Waals surface area contributed by atoms with Crippen molar-refractivity contribution in [3.05, 3.63) is 44.8 Å². The first-order chi connectivity index (χ1) is 10.8. The molecule has 0 bridgehead atoms. The largest absolute Gasteiger partial charge is 0.450 e. The number of amides is 1. The van der Waals surface area contributed by atoms with Gasteiger partial charge in [0.1, 0.15) is 5.60 Å². The molecule has 0 radical (unpaired) electrons. The van der Waals surface area contributed by atoms with Crippen molar-refractivity contribution in [1.82, 2.24) is 5.32 Å². The summed E-state index contributed by atoms with van der Waals surface area (Å²) in [5.74, 6) is -0.991.